The summed E-state index contributed by atoms with van der Waals surface area (Å²) in [6.07, 6.45) is 6.02. The third-order valence-corrected chi connectivity index (χ3v) is 5.83. The van der Waals surface area contributed by atoms with Gasteiger partial charge < -0.3 is 10.1 Å². The molecule has 0 bridgehead atoms. The van der Waals surface area contributed by atoms with Crippen molar-refractivity contribution in [3.05, 3.63) is 60.2 Å². The highest BCUT2D eigenvalue weighted by molar-refractivity contribution is 7.17. The number of pyridine rings is 1. The number of ether oxygens (including phenoxy) is 1. The van der Waals surface area contributed by atoms with Crippen LogP contribution in [-0.4, -0.2) is 34.2 Å². The van der Waals surface area contributed by atoms with Gasteiger partial charge in [0.1, 0.15) is 10.6 Å². The summed E-state index contributed by atoms with van der Waals surface area (Å²) >= 11 is 1.65. The number of thiophene rings is 1. The van der Waals surface area contributed by atoms with Crippen LogP contribution in [0.4, 0.5) is 5.82 Å². The summed E-state index contributed by atoms with van der Waals surface area (Å²) in [5.41, 5.74) is 3.25. The Bertz CT molecular complexity index is 1080. The maximum absolute atomic E-state index is 5.78. The third-order valence-electron chi connectivity index (χ3n) is 4.96. The average Bonchev–Trinajstić information content (AvgIpc) is 3.43. The Morgan fingerprint density at radius 3 is 2.75 bits per heavy atom. The first-order chi connectivity index (χ1) is 13.9. The lowest BCUT2D eigenvalue weighted by atomic mass is 10.1. The molecule has 0 saturated carbocycles. The maximum Gasteiger partial charge on any atom is 0.164 e. The van der Waals surface area contributed by atoms with E-state index in [-0.39, 0.29) is 6.10 Å². The minimum atomic E-state index is 0.241. The van der Waals surface area contributed by atoms with Gasteiger partial charge in [-0.1, -0.05) is 30.3 Å². The van der Waals surface area contributed by atoms with Crippen LogP contribution in [-0.2, 0) is 4.74 Å². The van der Waals surface area contributed by atoms with Crippen LogP contribution in [0.25, 0.3) is 32.7 Å². The SMILES string of the molecule is c1ccc(-c2csc3nc(-c4cccnc4)nc(NC[C@H]4CCCO4)c23)cc1. The molecule has 1 aliphatic rings. The molecule has 1 atom stereocenters. The fraction of sp³-hybridized carbons (Fsp3) is 0.227. The normalized spacial score (nSPS) is 16.5. The first kappa shape index (κ1) is 17.3. The van der Waals surface area contributed by atoms with Gasteiger partial charge in [-0.25, -0.2) is 9.97 Å². The van der Waals surface area contributed by atoms with E-state index in [4.69, 9.17) is 14.7 Å². The van der Waals surface area contributed by atoms with Crippen molar-refractivity contribution in [2.24, 2.45) is 0 Å². The Labute approximate surface area is 167 Å². The Balaban J connectivity index is 1.61. The lowest BCUT2D eigenvalue weighted by Gasteiger charge is -2.14. The molecule has 1 saturated heterocycles. The molecule has 4 aromatic rings. The zero-order valence-corrected chi connectivity index (χ0v) is 16.2. The van der Waals surface area contributed by atoms with Crippen molar-refractivity contribution in [1.82, 2.24) is 15.0 Å². The molecule has 1 N–H and O–H groups in total. The number of rotatable bonds is 5. The highest BCUT2D eigenvalue weighted by atomic mass is 32.1. The maximum atomic E-state index is 5.78. The van der Waals surface area contributed by atoms with Gasteiger partial charge in [0, 0.05) is 42.1 Å². The third kappa shape index (κ3) is 3.37. The monoisotopic (exact) mass is 388 g/mol. The Morgan fingerprint density at radius 1 is 1.07 bits per heavy atom. The van der Waals surface area contributed by atoms with Gasteiger partial charge in [-0.15, -0.1) is 11.3 Å². The van der Waals surface area contributed by atoms with Crippen molar-refractivity contribution in [1.29, 1.82) is 0 Å². The molecule has 4 heterocycles. The molecular weight excluding hydrogens is 368 g/mol. The van der Waals surface area contributed by atoms with E-state index >= 15 is 0 Å². The first-order valence-corrected chi connectivity index (χ1v) is 10.4. The molecule has 6 heteroatoms. The minimum Gasteiger partial charge on any atom is -0.376 e. The molecule has 1 fully saturated rings. The second-order valence-electron chi connectivity index (χ2n) is 6.85. The van der Waals surface area contributed by atoms with Gasteiger partial charge in [-0.05, 0) is 30.5 Å². The van der Waals surface area contributed by atoms with Crippen molar-refractivity contribution in [2.45, 2.75) is 18.9 Å². The highest BCUT2D eigenvalue weighted by Gasteiger charge is 2.19. The zero-order chi connectivity index (χ0) is 18.8. The Hall–Kier alpha value is -2.83. The van der Waals surface area contributed by atoms with Gasteiger partial charge in [0.2, 0.25) is 0 Å². The number of fused-ring (bicyclic) bond motifs is 1. The lowest BCUT2D eigenvalue weighted by Crippen LogP contribution is -2.19. The standard InChI is InChI=1S/C22H20N4OS/c1-2-6-15(7-3-1)18-14-28-22-19(18)21(24-13-17-9-5-11-27-17)25-20(26-22)16-8-4-10-23-12-16/h1-4,6-8,10,12,14,17H,5,9,11,13H2,(H,24,25,26)/t17-/m1/s1. The van der Waals surface area contributed by atoms with Crippen molar-refractivity contribution in [3.8, 4) is 22.5 Å². The van der Waals surface area contributed by atoms with E-state index in [9.17, 15) is 0 Å². The number of nitrogens with zero attached hydrogens (tertiary/aromatic N) is 3. The van der Waals surface area contributed by atoms with Crippen LogP contribution in [0.2, 0.25) is 0 Å². The summed E-state index contributed by atoms with van der Waals surface area (Å²) in [7, 11) is 0. The molecule has 5 nitrogen and oxygen atoms in total. The van der Waals surface area contributed by atoms with E-state index < -0.39 is 0 Å². The van der Waals surface area contributed by atoms with Crippen molar-refractivity contribution < 1.29 is 4.74 Å². The molecule has 0 radical (unpaired) electrons. The second kappa shape index (κ2) is 7.66. The van der Waals surface area contributed by atoms with Crippen LogP contribution in [0.1, 0.15) is 12.8 Å². The summed E-state index contributed by atoms with van der Waals surface area (Å²) < 4.78 is 5.78. The van der Waals surface area contributed by atoms with Crippen molar-refractivity contribution in [3.63, 3.8) is 0 Å². The molecule has 28 heavy (non-hydrogen) atoms. The van der Waals surface area contributed by atoms with E-state index in [2.05, 4.69) is 39.9 Å². The van der Waals surface area contributed by atoms with E-state index in [1.54, 1.807) is 23.7 Å². The number of aromatic nitrogens is 3. The van der Waals surface area contributed by atoms with Crippen LogP contribution >= 0.6 is 11.3 Å². The fourth-order valence-corrected chi connectivity index (χ4v) is 4.49. The topological polar surface area (TPSA) is 59.9 Å². The number of nitrogens with one attached hydrogen (secondary N) is 1. The molecule has 0 aliphatic carbocycles. The van der Waals surface area contributed by atoms with Crippen LogP contribution in [0, 0.1) is 0 Å². The molecule has 0 spiro atoms. The summed E-state index contributed by atoms with van der Waals surface area (Å²) in [5.74, 6) is 1.55. The fourth-order valence-electron chi connectivity index (χ4n) is 3.54. The molecule has 3 aromatic heterocycles. The highest BCUT2D eigenvalue weighted by Crippen LogP contribution is 2.38. The van der Waals surface area contributed by atoms with Gasteiger partial charge in [0.05, 0.1) is 11.5 Å². The molecule has 0 unspecified atom stereocenters. The van der Waals surface area contributed by atoms with E-state index in [0.717, 1.165) is 53.2 Å². The average molecular weight is 388 g/mol. The Kier molecular flexibility index (Phi) is 4.72. The van der Waals surface area contributed by atoms with Gasteiger partial charge in [0.15, 0.2) is 5.82 Å². The molecule has 1 aliphatic heterocycles. The molecule has 140 valence electrons. The van der Waals surface area contributed by atoms with Crippen molar-refractivity contribution in [2.75, 3.05) is 18.5 Å². The molecule has 1 aromatic carbocycles. The predicted octanol–water partition coefficient (Wildman–Crippen LogP) is 5.01. The van der Waals surface area contributed by atoms with E-state index in [1.165, 1.54) is 5.56 Å². The number of benzene rings is 1. The van der Waals surface area contributed by atoms with Crippen LogP contribution < -0.4 is 5.32 Å². The summed E-state index contributed by atoms with van der Waals surface area (Å²) in [5, 5.41) is 6.78. The van der Waals surface area contributed by atoms with Crippen LogP contribution in [0.5, 0.6) is 0 Å². The predicted molar refractivity (Wildman–Crippen MR) is 114 cm³/mol. The van der Waals surface area contributed by atoms with Gasteiger partial charge in [-0.3, -0.25) is 4.98 Å². The quantitative estimate of drug-likeness (QED) is 0.521. The minimum absolute atomic E-state index is 0.241. The number of hydrogen-bond donors (Lipinski definition) is 1. The van der Waals surface area contributed by atoms with Crippen LogP contribution in [0.15, 0.2) is 60.2 Å². The van der Waals surface area contributed by atoms with E-state index in [1.807, 2.05) is 18.2 Å². The molecular formula is C22H20N4OS. The molecule has 0 amide bonds. The van der Waals surface area contributed by atoms with Gasteiger partial charge in [-0.2, -0.15) is 0 Å². The first-order valence-electron chi connectivity index (χ1n) is 9.49. The zero-order valence-electron chi connectivity index (χ0n) is 15.3. The largest absolute Gasteiger partial charge is 0.376 e. The number of anilines is 1. The van der Waals surface area contributed by atoms with E-state index in [0.29, 0.717) is 5.82 Å². The smallest absolute Gasteiger partial charge is 0.164 e. The summed E-state index contributed by atoms with van der Waals surface area (Å²) in [4.78, 5) is 14.9. The van der Waals surface area contributed by atoms with Crippen molar-refractivity contribution >= 4 is 27.4 Å². The molecule has 5 rings (SSSR count). The van der Waals surface area contributed by atoms with Gasteiger partial charge in [0.25, 0.3) is 0 Å². The van der Waals surface area contributed by atoms with Crippen LogP contribution in [0.3, 0.4) is 0 Å². The Morgan fingerprint density at radius 2 is 1.96 bits per heavy atom. The second-order valence-corrected chi connectivity index (χ2v) is 7.71. The van der Waals surface area contributed by atoms with Gasteiger partial charge >= 0.3 is 0 Å². The lowest BCUT2D eigenvalue weighted by molar-refractivity contribution is 0.120. The summed E-state index contributed by atoms with van der Waals surface area (Å²) in [6, 6.07) is 14.3. The number of hydrogen-bond acceptors (Lipinski definition) is 6. The summed E-state index contributed by atoms with van der Waals surface area (Å²) in [6.45, 7) is 1.60.